The average molecular weight is 456 g/mol. The molecule has 0 bridgehead atoms. The Morgan fingerprint density at radius 2 is 1.92 bits per heavy atom. The minimum atomic E-state index is -0.579. The summed E-state index contributed by atoms with van der Waals surface area (Å²) in [5.41, 5.74) is 1.82. The number of benzene rings is 2. The van der Waals surface area contributed by atoms with Crippen LogP contribution in [0, 0.1) is 0 Å². The zero-order valence-corrected chi connectivity index (χ0v) is 16.4. The largest absolute Gasteiger partial charge is 0.422 e. The molecule has 0 radical (unpaired) electrons. The molecule has 4 aromatic rings. The first-order valence-electron chi connectivity index (χ1n) is 7.18. The van der Waals surface area contributed by atoms with Gasteiger partial charge in [-0.05, 0) is 36.4 Å². The molecule has 0 fully saturated rings. The van der Waals surface area contributed by atoms with Gasteiger partial charge >= 0.3 is 5.63 Å². The Kier molecular flexibility index (Phi) is 4.32. The Labute approximate surface area is 165 Å². The van der Waals surface area contributed by atoms with Crippen molar-refractivity contribution >= 4 is 73.8 Å². The summed E-state index contributed by atoms with van der Waals surface area (Å²) in [4.78, 5) is 19.9. The molecule has 0 saturated heterocycles. The van der Waals surface area contributed by atoms with Gasteiger partial charge in [-0.1, -0.05) is 39.1 Å². The third-order valence-electron chi connectivity index (χ3n) is 3.82. The fraction of sp³-hybridized carbons (Fsp3) is 0.0588. The van der Waals surface area contributed by atoms with Crippen LogP contribution >= 0.6 is 51.8 Å². The lowest BCUT2D eigenvalue weighted by Gasteiger charge is -2.08. The molecule has 4 rings (SSSR count). The number of thiol groups is 1. The maximum Gasteiger partial charge on any atom is 0.341 e. The van der Waals surface area contributed by atoms with E-state index in [1.807, 2.05) is 12.1 Å². The lowest BCUT2D eigenvalue weighted by atomic mass is 10.1. The van der Waals surface area contributed by atoms with Crippen LogP contribution in [-0.2, 0) is 0 Å². The number of nitrogens with one attached hydrogen (secondary N) is 1. The summed E-state index contributed by atoms with van der Waals surface area (Å²) in [6, 6.07) is 10.5. The van der Waals surface area contributed by atoms with E-state index in [1.54, 1.807) is 24.3 Å². The number of halogens is 3. The van der Waals surface area contributed by atoms with Gasteiger partial charge in [-0.15, -0.1) is 0 Å². The Hall–Kier alpha value is -1.47. The fourth-order valence-electron chi connectivity index (χ4n) is 2.60. The second-order valence-electron chi connectivity index (χ2n) is 5.48. The average Bonchev–Trinajstić information content (AvgIpc) is 2.97. The molecule has 126 valence electrons. The van der Waals surface area contributed by atoms with Gasteiger partial charge < -0.3 is 9.40 Å². The van der Waals surface area contributed by atoms with Gasteiger partial charge in [-0.3, -0.25) is 0 Å². The zero-order chi connectivity index (χ0) is 17.7. The number of rotatable bonds is 2. The molecule has 4 nitrogen and oxygen atoms in total. The number of nitrogens with zero attached hydrogens (tertiary/aromatic N) is 1. The molecular weight excluding hydrogens is 447 g/mol. The van der Waals surface area contributed by atoms with Crippen molar-refractivity contribution in [3.8, 4) is 0 Å². The molecule has 1 unspecified atom stereocenters. The Morgan fingerprint density at radius 3 is 2.72 bits per heavy atom. The lowest BCUT2D eigenvalue weighted by Crippen LogP contribution is -2.11. The smallest absolute Gasteiger partial charge is 0.341 e. The van der Waals surface area contributed by atoms with E-state index in [0.717, 1.165) is 15.4 Å². The highest BCUT2D eigenvalue weighted by Crippen LogP contribution is 2.31. The molecule has 1 N–H and O–H groups in total. The standard InChI is InChI=1S/C17H9BrCl2N2O2S/c18-8-1-2-14-7(3-8)4-9(17(23)24-14)15(25)16-21-12-5-10(19)11(20)6-13(12)22-16/h1-6,15,25H,(H,21,22). The molecule has 25 heavy (non-hydrogen) atoms. The van der Waals surface area contributed by atoms with E-state index in [-0.39, 0.29) is 0 Å². The van der Waals surface area contributed by atoms with Crippen molar-refractivity contribution in [1.29, 1.82) is 0 Å². The third-order valence-corrected chi connectivity index (χ3v) is 5.56. The van der Waals surface area contributed by atoms with Gasteiger partial charge in [0.25, 0.3) is 0 Å². The first-order valence-corrected chi connectivity index (χ1v) is 9.25. The molecular formula is C17H9BrCl2N2O2S. The molecule has 0 aliphatic carbocycles. The molecule has 2 heterocycles. The monoisotopic (exact) mass is 454 g/mol. The first-order chi connectivity index (χ1) is 11.9. The summed E-state index contributed by atoms with van der Waals surface area (Å²) in [7, 11) is 0. The summed E-state index contributed by atoms with van der Waals surface area (Å²) in [6.45, 7) is 0. The number of imidazole rings is 1. The van der Waals surface area contributed by atoms with Crippen molar-refractivity contribution in [3.63, 3.8) is 0 Å². The Morgan fingerprint density at radius 1 is 1.16 bits per heavy atom. The molecule has 1 atom stereocenters. The predicted molar refractivity (Wildman–Crippen MR) is 107 cm³/mol. The van der Waals surface area contributed by atoms with E-state index in [0.29, 0.717) is 32.5 Å². The van der Waals surface area contributed by atoms with Crippen LogP contribution in [0.25, 0.3) is 22.0 Å². The molecule has 0 saturated carbocycles. The SMILES string of the molecule is O=c1oc2ccc(Br)cc2cc1C(S)c1nc2cc(Cl)c(Cl)cc2[nH]1. The molecule has 0 aliphatic heterocycles. The third kappa shape index (κ3) is 3.08. The van der Waals surface area contributed by atoms with Gasteiger partial charge in [-0.2, -0.15) is 12.6 Å². The number of hydrogen-bond donors (Lipinski definition) is 2. The Balaban J connectivity index is 1.85. The highest BCUT2D eigenvalue weighted by molar-refractivity contribution is 9.10. The van der Waals surface area contributed by atoms with Gasteiger partial charge in [0.1, 0.15) is 11.4 Å². The van der Waals surface area contributed by atoms with Crippen molar-refractivity contribution in [3.05, 3.63) is 72.7 Å². The van der Waals surface area contributed by atoms with Crippen LogP contribution in [0.4, 0.5) is 0 Å². The van der Waals surface area contributed by atoms with Crippen LogP contribution < -0.4 is 5.63 Å². The zero-order valence-electron chi connectivity index (χ0n) is 12.4. The van der Waals surface area contributed by atoms with E-state index in [4.69, 9.17) is 27.6 Å². The summed E-state index contributed by atoms with van der Waals surface area (Å²) in [5.74, 6) is 0.512. The molecule has 0 spiro atoms. The van der Waals surface area contributed by atoms with Gasteiger partial charge in [-0.25, -0.2) is 9.78 Å². The van der Waals surface area contributed by atoms with Crippen LogP contribution in [0.2, 0.25) is 10.0 Å². The van der Waals surface area contributed by atoms with Gasteiger partial charge in [0.2, 0.25) is 0 Å². The van der Waals surface area contributed by atoms with Gasteiger partial charge in [0.15, 0.2) is 0 Å². The summed E-state index contributed by atoms with van der Waals surface area (Å²) in [6.07, 6.45) is 0. The predicted octanol–water partition coefficient (Wildman–Crippen LogP) is 5.76. The highest BCUT2D eigenvalue weighted by Gasteiger charge is 2.20. The molecule has 0 aliphatic rings. The summed E-state index contributed by atoms with van der Waals surface area (Å²) in [5, 5.41) is 1.06. The molecule has 0 amide bonds. The number of fused-ring (bicyclic) bond motifs is 2. The number of aromatic nitrogens is 2. The normalized spacial score (nSPS) is 12.8. The van der Waals surface area contributed by atoms with Gasteiger partial charge in [0, 0.05) is 9.86 Å². The minimum Gasteiger partial charge on any atom is -0.422 e. The minimum absolute atomic E-state index is 0.394. The number of H-pyrrole nitrogens is 1. The van der Waals surface area contributed by atoms with Crippen LogP contribution in [-0.4, -0.2) is 9.97 Å². The topological polar surface area (TPSA) is 58.9 Å². The Bertz CT molecular complexity index is 1150. The van der Waals surface area contributed by atoms with Crippen molar-refractivity contribution in [2.24, 2.45) is 0 Å². The number of aromatic amines is 1. The highest BCUT2D eigenvalue weighted by atomic mass is 79.9. The number of hydrogen-bond acceptors (Lipinski definition) is 4. The van der Waals surface area contributed by atoms with Crippen molar-refractivity contribution < 1.29 is 4.42 Å². The first kappa shape index (κ1) is 17.0. The summed E-state index contributed by atoms with van der Waals surface area (Å²) >= 11 is 20.0. The van der Waals surface area contributed by atoms with Crippen molar-refractivity contribution in [2.45, 2.75) is 5.25 Å². The van der Waals surface area contributed by atoms with Crippen molar-refractivity contribution in [2.75, 3.05) is 0 Å². The lowest BCUT2D eigenvalue weighted by molar-refractivity contribution is 0.551. The second kappa shape index (κ2) is 6.36. The fourth-order valence-corrected chi connectivity index (χ4v) is 3.60. The van der Waals surface area contributed by atoms with Crippen LogP contribution in [0.5, 0.6) is 0 Å². The second-order valence-corrected chi connectivity index (χ2v) is 7.73. The van der Waals surface area contributed by atoms with E-state index < -0.39 is 10.9 Å². The van der Waals surface area contributed by atoms with Crippen LogP contribution in [0.15, 0.2) is 50.1 Å². The molecule has 8 heteroatoms. The van der Waals surface area contributed by atoms with E-state index in [9.17, 15) is 4.79 Å². The van der Waals surface area contributed by atoms with E-state index in [2.05, 4.69) is 38.5 Å². The van der Waals surface area contributed by atoms with Crippen molar-refractivity contribution in [1.82, 2.24) is 9.97 Å². The van der Waals surface area contributed by atoms with E-state index >= 15 is 0 Å². The maximum atomic E-state index is 12.3. The summed E-state index contributed by atoms with van der Waals surface area (Å²) < 4.78 is 6.29. The van der Waals surface area contributed by atoms with Crippen LogP contribution in [0.3, 0.4) is 0 Å². The van der Waals surface area contributed by atoms with Crippen LogP contribution in [0.1, 0.15) is 16.6 Å². The quantitative estimate of drug-likeness (QED) is 0.298. The maximum absolute atomic E-state index is 12.3. The van der Waals surface area contributed by atoms with Gasteiger partial charge in [0.05, 0.1) is 31.9 Å². The molecule has 2 aromatic heterocycles. The van der Waals surface area contributed by atoms with E-state index in [1.165, 1.54) is 0 Å². The molecule has 2 aromatic carbocycles.